The summed E-state index contributed by atoms with van der Waals surface area (Å²) in [5, 5.41) is 0. The highest BCUT2D eigenvalue weighted by Crippen LogP contribution is 2.24. The minimum absolute atomic E-state index is 0.142. The molecule has 1 aromatic carbocycles. The molecule has 7 heteroatoms. The third-order valence-electron chi connectivity index (χ3n) is 2.95. The maximum absolute atomic E-state index is 12.1. The van der Waals surface area contributed by atoms with Crippen molar-refractivity contribution in [2.24, 2.45) is 0 Å². The van der Waals surface area contributed by atoms with E-state index in [-0.39, 0.29) is 25.9 Å². The van der Waals surface area contributed by atoms with Crippen molar-refractivity contribution in [3.8, 4) is 5.75 Å². The van der Waals surface area contributed by atoms with E-state index in [1.54, 1.807) is 30.3 Å². The van der Waals surface area contributed by atoms with Gasteiger partial charge in [0.15, 0.2) is 0 Å². The lowest BCUT2D eigenvalue weighted by atomic mass is 10.1. The number of alkyl halides is 3. The number of ether oxygens (including phenoxy) is 2. The standard InChI is InChI=1S/C13H14F3NO3/c14-13(15,16)20-11-6-8-17(9-7-11)12(18)19-10-4-2-1-3-5-10/h1-5,11H,6-9H2. The Balaban J connectivity index is 1.80. The molecular formula is C13H14F3NO3. The molecule has 1 fully saturated rings. The number of likely N-dealkylation sites (tertiary alicyclic amines) is 1. The largest absolute Gasteiger partial charge is 0.522 e. The number of para-hydroxylation sites is 1. The number of hydrogen-bond donors (Lipinski definition) is 0. The zero-order chi connectivity index (χ0) is 14.6. The van der Waals surface area contributed by atoms with Gasteiger partial charge in [0.25, 0.3) is 0 Å². The molecule has 1 heterocycles. The van der Waals surface area contributed by atoms with Crippen LogP contribution in [0.3, 0.4) is 0 Å². The van der Waals surface area contributed by atoms with Crippen LogP contribution < -0.4 is 4.74 Å². The maximum atomic E-state index is 12.1. The Labute approximate surface area is 114 Å². The third kappa shape index (κ3) is 4.41. The van der Waals surface area contributed by atoms with Crippen molar-refractivity contribution >= 4 is 6.09 Å². The Morgan fingerprint density at radius 3 is 2.30 bits per heavy atom. The van der Waals surface area contributed by atoms with Crippen LogP contribution in [0.15, 0.2) is 30.3 Å². The highest BCUT2D eigenvalue weighted by Gasteiger charge is 2.35. The van der Waals surface area contributed by atoms with E-state index in [1.807, 2.05) is 0 Å². The number of benzene rings is 1. The minimum atomic E-state index is -4.63. The molecule has 1 aliphatic rings. The van der Waals surface area contributed by atoms with Crippen LogP contribution in [0.4, 0.5) is 18.0 Å². The number of hydrogen-bond acceptors (Lipinski definition) is 3. The molecule has 0 bridgehead atoms. The van der Waals surface area contributed by atoms with Crippen molar-refractivity contribution in [3.63, 3.8) is 0 Å². The first kappa shape index (κ1) is 14.6. The highest BCUT2D eigenvalue weighted by atomic mass is 19.4. The van der Waals surface area contributed by atoms with E-state index < -0.39 is 18.6 Å². The van der Waals surface area contributed by atoms with Gasteiger partial charge in [-0.3, -0.25) is 4.74 Å². The molecule has 1 amide bonds. The maximum Gasteiger partial charge on any atom is 0.522 e. The Morgan fingerprint density at radius 1 is 1.15 bits per heavy atom. The van der Waals surface area contributed by atoms with E-state index in [9.17, 15) is 18.0 Å². The molecule has 0 aromatic heterocycles. The molecule has 0 atom stereocenters. The number of carbonyl (C=O) groups is 1. The predicted molar refractivity (Wildman–Crippen MR) is 64.2 cm³/mol. The van der Waals surface area contributed by atoms with Gasteiger partial charge in [0.05, 0.1) is 6.10 Å². The molecule has 0 spiro atoms. The zero-order valence-electron chi connectivity index (χ0n) is 10.6. The number of amides is 1. The Hall–Kier alpha value is -1.76. The van der Waals surface area contributed by atoms with Crippen LogP contribution in [0, 0.1) is 0 Å². The molecule has 20 heavy (non-hydrogen) atoms. The first-order chi connectivity index (χ1) is 9.44. The molecule has 0 unspecified atom stereocenters. The van der Waals surface area contributed by atoms with Gasteiger partial charge in [0.2, 0.25) is 0 Å². The van der Waals surface area contributed by atoms with E-state index in [0.717, 1.165) is 0 Å². The van der Waals surface area contributed by atoms with E-state index in [2.05, 4.69) is 4.74 Å². The van der Waals surface area contributed by atoms with Gasteiger partial charge in [0.1, 0.15) is 5.75 Å². The summed E-state index contributed by atoms with van der Waals surface area (Å²) in [6.45, 7) is 0.374. The number of nitrogens with zero attached hydrogens (tertiary/aromatic N) is 1. The number of rotatable bonds is 2. The lowest BCUT2D eigenvalue weighted by Gasteiger charge is -2.31. The third-order valence-corrected chi connectivity index (χ3v) is 2.95. The molecule has 1 saturated heterocycles. The van der Waals surface area contributed by atoms with Crippen molar-refractivity contribution in [2.45, 2.75) is 25.3 Å². The van der Waals surface area contributed by atoms with Crippen molar-refractivity contribution in [3.05, 3.63) is 30.3 Å². The molecule has 0 radical (unpaired) electrons. The fourth-order valence-corrected chi connectivity index (χ4v) is 2.00. The molecular weight excluding hydrogens is 275 g/mol. The molecule has 110 valence electrons. The first-order valence-electron chi connectivity index (χ1n) is 6.20. The highest BCUT2D eigenvalue weighted by molar-refractivity contribution is 5.70. The van der Waals surface area contributed by atoms with Crippen LogP contribution in [0.5, 0.6) is 5.75 Å². The van der Waals surface area contributed by atoms with Gasteiger partial charge in [-0.15, -0.1) is 13.2 Å². The average molecular weight is 289 g/mol. The van der Waals surface area contributed by atoms with Crippen molar-refractivity contribution in [2.75, 3.05) is 13.1 Å². The molecule has 0 aliphatic carbocycles. The lowest BCUT2D eigenvalue weighted by Crippen LogP contribution is -2.43. The van der Waals surface area contributed by atoms with E-state index in [0.29, 0.717) is 5.75 Å². The van der Waals surface area contributed by atoms with Gasteiger partial charge < -0.3 is 9.64 Å². The summed E-state index contributed by atoms with van der Waals surface area (Å²) in [7, 11) is 0. The minimum Gasteiger partial charge on any atom is -0.410 e. The van der Waals surface area contributed by atoms with Gasteiger partial charge in [-0.2, -0.15) is 0 Å². The van der Waals surface area contributed by atoms with E-state index >= 15 is 0 Å². The van der Waals surface area contributed by atoms with Crippen LogP contribution in [-0.2, 0) is 4.74 Å². The van der Waals surface area contributed by atoms with Crippen LogP contribution in [0.1, 0.15) is 12.8 Å². The summed E-state index contributed by atoms with van der Waals surface area (Å²) in [6.07, 6.45) is -5.79. The summed E-state index contributed by atoms with van der Waals surface area (Å²) >= 11 is 0. The Kier molecular flexibility index (Phi) is 4.49. The summed E-state index contributed by atoms with van der Waals surface area (Å²) in [5.41, 5.74) is 0. The second kappa shape index (κ2) is 6.13. The predicted octanol–water partition coefficient (Wildman–Crippen LogP) is 3.19. The zero-order valence-corrected chi connectivity index (χ0v) is 10.6. The smallest absolute Gasteiger partial charge is 0.410 e. The van der Waals surface area contributed by atoms with E-state index in [4.69, 9.17) is 4.74 Å². The van der Waals surface area contributed by atoms with Crippen LogP contribution in [-0.4, -0.2) is 36.5 Å². The molecule has 0 saturated carbocycles. The van der Waals surface area contributed by atoms with Gasteiger partial charge in [-0.1, -0.05) is 18.2 Å². The lowest BCUT2D eigenvalue weighted by molar-refractivity contribution is -0.345. The topological polar surface area (TPSA) is 38.8 Å². The molecule has 4 nitrogen and oxygen atoms in total. The molecule has 2 rings (SSSR count). The number of halogens is 3. The first-order valence-corrected chi connectivity index (χ1v) is 6.20. The Bertz CT molecular complexity index is 442. The normalized spacial score (nSPS) is 17.1. The summed E-state index contributed by atoms with van der Waals surface area (Å²) in [5.74, 6) is 0.408. The quantitative estimate of drug-likeness (QED) is 0.839. The fraction of sp³-hybridized carbons (Fsp3) is 0.462. The van der Waals surface area contributed by atoms with Crippen LogP contribution in [0.2, 0.25) is 0 Å². The molecule has 1 aromatic rings. The van der Waals surface area contributed by atoms with Gasteiger partial charge in [-0.25, -0.2) is 4.79 Å². The molecule has 1 aliphatic heterocycles. The average Bonchev–Trinajstić information content (AvgIpc) is 2.39. The van der Waals surface area contributed by atoms with Crippen molar-refractivity contribution in [1.29, 1.82) is 0 Å². The van der Waals surface area contributed by atoms with Crippen molar-refractivity contribution < 1.29 is 27.4 Å². The SMILES string of the molecule is O=C(Oc1ccccc1)N1CCC(OC(F)(F)F)CC1. The van der Waals surface area contributed by atoms with Gasteiger partial charge in [-0.05, 0) is 25.0 Å². The van der Waals surface area contributed by atoms with E-state index in [1.165, 1.54) is 4.90 Å². The number of carbonyl (C=O) groups excluding carboxylic acids is 1. The van der Waals surface area contributed by atoms with Crippen molar-refractivity contribution in [1.82, 2.24) is 4.90 Å². The molecule has 0 N–H and O–H groups in total. The summed E-state index contributed by atoms with van der Waals surface area (Å²) < 4.78 is 45.2. The number of piperidine rings is 1. The second-order valence-electron chi connectivity index (χ2n) is 4.43. The fourth-order valence-electron chi connectivity index (χ4n) is 2.00. The second-order valence-corrected chi connectivity index (χ2v) is 4.43. The Morgan fingerprint density at radius 2 is 1.75 bits per heavy atom. The summed E-state index contributed by atoms with van der Waals surface area (Å²) in [4.78, 5) is 13.2. The van der Waals surface area contributed by atoms with Crippen LogP contribution >= 0.6 is 0 Å². The monoisotopic (exact) mass is 289 g/mol. The van der Waals surface area contributed by atoms with Crippen LogP contribution in [0.25, 0.3) is 0 Å². The summed E-state index contributed by atoms with van der Waals surface area (Å²) in [6, 6.07) is 8.52. The van der Waals surface area contributed by atoms with Gasteiger partial charge >= 0.3 is 12.5 Å². The van der Waals surface area contributed by atoms with Gasteiger partial charge in [0, 0.05) is 13.1 Å².